The summed E-state index contributed by atoms with van der Waals surface area (Å²) in [6.45, 7) is 0.868. The van der Waals surface area contributed by atoms with Crippen LogP contribution < -0.4 is 5.32 Å². The molecule has 3 N–H and O–H groups in total. The van der Waals surface area contributed by atoms with Crippen molar-refractivity contribution in [2.24, 2.45) is 0 Å². The highest BCUT2D eigenvalue weighted by atomic mass is 16.6. The van der Waals surface area contributed by atoms with Crippen LogP contribution in [0.4, 0.5) is 0 Å². The first-order chi connectivity index (χ1) is 11.0. The Bertz CT molecular complexity index is 935. The number of nitrogens with one attached hydrogen (secondary N) is 1. The molecule has 116 valence electrons. The van der Waals surface area contributed by atoms with Gasteiger partial charge < -0.3 is 20.4 Å². The van der Waals surface area contributed by atoms with Gasteiger partial charge in [0.1, 0.15) is 0 Å². The summed E-state index contributed by atoms with van der Waals surface area (Å²) in [4.78, 5) is 12.6. The molecule has 1 saturated heterocycles. The Balaban J connectivity index is 1.97. The van der Waals surface area contributed by atoms with Crippen molar-refractivity contribution in [1.82, 2.24) is 10.2 Å². The van der Waals surface area contributed by atoms with Gasteiger partial charge in [0, 0.05) is 24.2 Å². The van der Waals surface area contributed by atoms with Crippen molar-refractivity contribution < 1.29 is 15.1 Å². The lowest BCUT2D eigenvalue weighted by molar-refractivity contribution is -0.452. The van der Waals surface area contributed by atoms with Crippen LogP contribution in [0.15, 0.2) is 47.9 Å². The van der Waals surface area contributed by atoms with E-state index in [1.54, 1.807) is 24.3 Å². The number of fused-ring (bicyclic) bond motifs is 5. The zero-order valence-corrected chi connectivity index (χ0v) is 12.0. The molecule has 1 fully saturated rings. The third-order valence-electron chi connectivity index (χ3n) is 5.21. The van der Waals surface area contributed by atoms with Crippen LogP contribution in [0.25, 0.3) is 10.8 Å². The van der Waals surface area contributed by atoms with Gasteiger partial charge in [-0.05, 0) is 10.8 Å². The van der Waals surface area contributed by atoms with Crippen molar-refractivity contribution in [3.8, 4) is 0 Å². The molecule has 3 aliphatic rings. The van der Waals surface area contributed by atoms with E-state index in [-0.39, 0.29) is 11.5 Å². The van der Waals surface area contributed by atoms with Crippen LogP contribution in [0, 0.1) is 10.1 Å². The second-order valence-corrected chi connectivity index (χ2v) is 6.12. The van der Waals surface area contributed by atoms with E-state index in [0.29, 0.717) is 29.6 Å². The average Bonchev–Trinajstić information content (AvgIpc) is 3.12. The fraction of sp³-hybridized carbons (Fsp3) is 0.250. The number of aliphatic hydroxyl groups is 2. The molecule has 0 unspecified atom stereocenters. The fourth-order valence-electron chi connectivity index (χ4n) is 4.37. The maximum absolute atomic E-state index is 11.7. The molecule has 5 rings (SSSR count). The van der Waals surface area contributed by atoms with Gasteiger partial charge in [0.25, 0.3) is 0 Å². The molecule has 0 bridgehead atoms. The fourth-order valence-corrected chi connectivity index (χ4v) is 4.37. The van der Waals surface area contributed by atoms with Crippen LogP contribution in [-0.2, 0) is 11.3 Å². The third kappa shape index (κ3) is 1.11. The standard InChI is InChI=1S/C16H13N3O4/c20-15-10-5-1-3-9-4-2-6-11(12(9)10)16(15,21)18-8-7-17-14(18)13(15)19(22)23/h1-6,17,20-21H,7-8H2/t15-,16-/m0/s1. The van der Waals surface area contributed by atoms with Crippen LogP contribution in [0.2, 0.25) is 0 Å². The zero-order valence-electron chi connectivity index (χ0n) is 12.0. The summed E-state index contributed by atoms with van der Waals surface area (Å²) in [5.41, 5.74) is -3.46. The maximum Gasteiger partial charge on any atom is 0.327 e. The van der Waals surface area contributed by atoms with Crippen molar-refractivity contribution in [3.63, 3.8) is 0 Å². The summed E-state index contributed by atoms with van der Waals surface area (Å²) in [5.74, 6) is 0.200. The van der Waals surface area contributed by atoms with E-state index in [0.717, 1.165) is 5.39 Å². The van der Waals surface area contributed by atoms with Gasteiger partial charge in [-0.2, -0.15) is 0 Å². The van der Waals surface area contributed by atoms with Gasteiger partial charge in [-0.3, -0.25) is 10.1 Å². The molecule has 2 atom stereocenters. The minimum absolute atomic E-state index is 0.200. The van der Waals surface area contributed by atoms with Gasteiger partial charge in [0.2, 0.25) is 11.3 Å². The molecule has 23 heavy (non-hydrogen) atoms. The highest BCUT2D eigenvalue weighted by Crippen LogP contribution is 2.62. The molecular formula is C16H13N3O4. The molecule has 0 radical (unpaired) electrons. The Hall–Kier alpha value is -2.64. The highest BCUT2D eigenvalue weighted by Gasteiger charge is 2.74. The SMILES string of the molecule is O=[N+]([O-])C1=C2NCCN2[C@]2(O)c3cccc4cccc(c34)[C@]12O. The van der Waals surface area contributed by atoms with Gasteiger partial charge >= 0.3 is 5.70 Å². The number of hydrogen-bond donors (Lipinski definition) is 3. The molecule has 0 saturated carbocycles. The number of benzene rings is 2. The molecular weight excluding hydrogens is 298 g/mol. The second-order valence-electron chi connectivity index (χ2n) is 6.12. The Labute approximate surface area is 130 Å². The largest absolute Gasteiger partial charge is 0.370 e. The van der Waals surface area contributed by atoms with Crippen LogP contribution >= 0.6 is 0 Å². The first-order valence-corrected chi connectivity index (χ1v) is 7.39. The highest BCUT2D eigenvalue weighted by molar-refractivity contribution is 5.94. The summed E-state index contributed by atoms with van der Waals surface area (Å²) in [6.07, 6.45) is 0. The molecule has 0 spiro atoms. The minimum atomic E-state index is -2.09. The first kappa shape index (κ1) is 12.9. The Morgan fingerprint density at radius 3 is 2.57 bits per heavy atom. The van der Waals surface area contributed by atoms with Crippen LogP contribution in [0.5, 0.6) is 0 Å². The van der Waals surface area contributed by atoms with Crippen molar-refractivity contribution in [2.45, 2.75) is 11.3 Å². The summed E-state index contributed by atoms with van der Waals surface area (Å²) >= 11 is 0. The van der Waals surface area contributed by atoms with Crippen molar-refractivity contribution in [2.75, 3.05) is 13.1 Å². The van der Waals surface area contributed by atoms with E-state index in [1.165, 1.54) is 4.90 Å². The molecule has 0 amide bonds. The molecule has 2 heterocycles. The lowest BCUT2D eigenvalue weighted by atomic mass is 9.86. The van der Waals surface area contributed by atoms with E-state index < -0.39 is 16.2 Å². The van der Waals surface area contributed by atoms with E-state index >= 15 is 0 Å². The van der Waals surface area contributed by atoms with Crippen molar-refractivity contribution in [3.05, 3.63) is 69.2 Å². The number of rotatable bonds is 1. The zero-order chi connectivity index (χ0) is 16.0. The smallest absolute Gasteiger partial charge is 0.327 e. The van der Waals surface area contributed by atoms with Crippen LogP contribution in [0.1, 0.15) is 11.1 Å². The van der Waals surface area contributed by atoms with Gasteiger partial charge in [-0.25, -0.2) is 0 Å². The average molecular weight is 311 g/mol. The quantitative estimate of drug-likeness (QED) is 0.525. The molecule has 1 aliphatic carbocycles. The Kier molecular flexibility index (Phi) is 2.03. The van der Waals surface area contributed by atoms with E-state index in [1.807, 2.05) is 12.1 Å². The summed E-state index contributed by atoms with van der Waals surface area (Å²) < 4.78 is 0. The van der Waals surface area contributed by atoms with E-state index in [9.17, 15) is 20.3 Å². The van der Waals surface area contributed by atoms with Crippen LogP contribution in [-0.4, -0.2) is 33.1 Å². The molecule has 2 aromatic carbocycles. The van der Waals surface area contributed by atoms with Crippen LogP contribution in [0.3, 0.4) is 0 Å². The number of hydrogen-bond acceptors (Lipinski definition) is 6. The number of nitro groups is 1. The van der Waals surface area contributed by atoms with Gasteiger partial charge in [-0.1, -0.05) is 36.4 Å². The predicted molar refractivity (Wildman–Crippen MR) is 80.5 cm³/mol. The van der Waals surface area contributed by atoms with Gasteiger partial charge in [0.05, 0.1) is 4.92 Å². The van der Waals surface area contributed by atoms with E-state index in [2.05, 4.69) is 5.32 Å². The Morgan fingerprint density at radius 1 is 1.17 bits per heavy atom. The molecule has 7 heteroatoms. The summed E-state index contributed by atoms with van der Waals surface area (Å²) in [6, 6.07) is 10.6. The van der Waals surface area contributed by atoms with Crippen molar-refractivity contribution in [1.29, 1.82) is 0 Å². The predicted octanol–water partition coefficient (Wildman–Crippen LogP) is 0.551. The lowest BCUT2D eigenvalue weighted by Gasteiger charge is -2.37. The molecule has 7 nitrogen and oxygen atoms in total. The van der Waals surface area contributed by atoms with E-state index in [4.69, 9.17) is 0 Å². The second kappa shape index (κ2) is 3.64. The Morgan fingerprint density at radius 2 is 1.87 bits per heavy atom. The molecule has 2 aromatic rings. The molecule has 2 aliphatic heterocycles. The monoisotopic (exact) mass is 311 g/mol. The summed E-state index contributed by atoms with van der Waals surface area (Å²) in [7, 11) is 0. The minimum Gasteiger partial charge on any atom is -0.370 e. The van der Waals surface area contributed by atoms with Crippen molar-refractivity contribution >= 4 is 10.8 Å². The normalized spacial score (nSPS) is 30.6. The third-order valence-corrected chi connectivity index (χ3v) is 5.21. The molecule has 0 aromatic heterocycles. The van der Waals surface area contributed by atoms with Gasteiger partial charge in [-0.15, -0.1) is 0 Å². The first-order valence-electron chi connectivity index (χ1n) is 7.39. The van der Waals surface area contributed by atoms with Gasteiger partial charge in [0.15, 0.2) is 5.82 Å². The topological polar surface area (TPSA) is 98.9 Å². The number of nitrogens with zero attached hydrogens (tertiary/aromatic N) is 2. The maximum atomic E-state index is 11.7. The lowest BCUT2D eigenvalue weighted by Crippen LogP contribution is -2.53. The summed E-state index contributed by atoms with van der Waals surface area (Å²) in [5, 5.41) is 39.1.